The first-order chi connectivity index (χ1) is 7.72. The Bertz CT molecular complexity index is 556. The van der Waals surface area contributed by atoms with Gasteiger partial charge in [-0.05, 0) is 25.5 Å². The molecule has 7 heteroatoms. The monoisotopic (exact) mass is 244 g/mol. The molecule has 4 nitrogen and oxygen atoms in total. The molecule has 2 aromatic rings. The van der Waals surface area contributed by atoms with Crippen LogP contribution in [0.4, 0.5) is 13.2 Å². The highest BCUT2D eigenvalue weighted by atomic mass is 19.4. The lowest BCUT2D eigenvalue weighted by Gasteiger charge is -2.24. The molecule has 92 valence electrons. The minimum absolute atomic E-state index is 0.228. The lowest BCUT2D eigenvalue weighted by Crippen LogP contribution is -2.48. The van der Waals surface area contributed by atoms with Crippen LogP contribution in [0.15, 0.2) is 12.3 Å². The van der Waals surface area contributed by atoms with E-state index in [1.807, 2.05) is 0 Å². The van der Waals surface area contributed by atoms with Crippen LogP contribution >= 0.6 is 0 Å². The van der Waals surface area contributed by atoms with E-state index in [1.165, 1.54) is 6.20 Å². The topological polar surface area (TPSA) is 67.6 Å². The molecule has 0 saturated carbocycles. The van der Waals surface area contributed by atoms with Crippen molar-refractivity contribution in [2.45, 2.75) is 25.6 Å². The molecule has 0 aliphatic rings. The number of pyridine rings is 1. The smallest absolute Gasteiger partial charge is 0.339 e. The van der Waals surface area contributed by atoms with Crippen LogP contribution in [0, 0.1) is 6.92 Å². The summed E-state index contributed by atoms with van der Waals surface area (Å²) in [5, 5.41) is 0. The molecule has 0 aromatic carbocycles. The number of alkyl halides is 3. The molecule has 2 rings (SSSR count). The van der Waals surface area contributed by atoms with Crippen LogP contribution < -0.4 is 5.73 Å². The predicted molar refractivity (Wildman–Crippen MR) is 56.2 cm³/mol. The highest BCUT2D eigenvalue weighted by Gasteiger charge is 2.51. The van der Waals surface area contributed by atoms with Gasteiger partial charge in [0.1, 0.15) is 5.82 Å². The van der Waals surface area contributed by atoms with Gasteiger partial charge in [-0.2, -0.15) is 13.2 Å². The van der Waals surface area contributed by atoms with E-state index in [2.05, 4.69) is 15.0 Å². The lowest BCUT2D eigenvalue weighted by atomic mass is 10.0. The van der Waals surface area contributed by atoms with Crippen molar-refractivity contribution >= 4 is 11.2 Å². The summed E-state index contributed by atoms with van der Waals surface area (Å²) in [6, 6.07) is 1.67. The van der Waals surface area contributed by atoms with E-state index < -0.39 is 11.7 Å². The van der Waals surface area contributed by atoms with Gasteiger partial charge >= 0.3 is 6.18 Å². The zero-order valence-corrected chi connectivity index (χ0v) is 9.26. The fourth-order valence-electron chi connectivity index (χ4n) is 1.38. The minimum atomic E-state index is -4.57. The maximum absolute atomic E-state index is 12.7. The molecule has 0 fully saturated rings. The average molecular weight is 244 g/mol. The minimum Gasteiger partial charge on any atom is -0.339 e. The van der Waals surface area contributed by atoms with Crippen molar-refractivity contribution in [1.29, 1.82) is 0 Å². The third kappa shape index (κ3) is 1.86. The van der Waals surface area contributed by atoms with E-state index in [1.54, 1.807) is 13.0 Å². The number of nitrogens with zero attached hydrogens (tertiary/aromatic N) is 2. The van der Waals surface area contributed by atoms with E-state index in [0.717, 1.165) is 12.5 Å². The molecular formula is C10H11F3N4. The summed E-state index contributed by atoms with van der Waals surface area (Å²) in [5.41, 5.74) is 4.26. The second-order valence-electron chi connectivity index (χ2n) is 4.17. The maximum Gasteiger partial charge on any atom is 0.413 e. The number of nitrogens with two attached hydrogens (primary N) is 1. The highest BCUT2D eigenvalue weighted by molar-refractivity contribution is 5.71. The van der Waals surface area contributed by atoms with Crippen LogP contribution in [-0.2, 0) is 5.54 Å². The second-order valence-corrected chi connectivity index (χ2v) is 4.17. The number of imidazole rings is 1. The first-order valence-corrected chi connectivity index (χ1v) is 4.90. The quantitative estimate of drug-likeness (QED) is 0.806. The van der Waals surface area contributed by atoms with Crippen molar-refractivity contribution in [3.05, 3.63) is 23.7 Å². The van der Waals surface area contributed by atoms with Crippen LogP contribution in [0.3, 0.4) is 0 Å². The maximum atomic E-state index is 12.7. The average Bonchev–Trinajstić information content (AvgIpc) is 2.58. The molecule has 2 heterocycles. The third-order valence-corrected chi connectivity index (χ3v) is 2.55. The summed E-state index contributed by atoms with van der Waals surface area (Å²) in [4.78, 5) is 10.3. The van der Waals surface area contributed by atoms with E-state index in [4.69, 9.17) is 5.73 Å². The van der Waals surface area contributed by atoms with Crippen LogP contribution in [0.1, 0.15) is 18.3 Å². The van der Waals surface area contributed by atoms with Gasteiger partial charge in [0, 0.05) is 6.20 Å². The van der Waals surface area contributed by atoms with Gasteiger partial charge in [-0.15, -0.1) is 0 Å². The lowest BCUT2D eigenvalue weighted by molar-refractivity contribution is -0.186. The van der Waals surface area contributed by atoms with Gasteiger partial charge in [0.25, 0.3) is 0 Å². The summed E-state index contributed by atoms with van der Waals surface area (Å²) >= 11 is 0. The molecule has 1 unspecified atom stereocenters. The number of hydrogen-bond donors (Lipinski definition) is 2. The highest BCUT2D eigenvalue weighted by Crippen LogP contribution is 2.35. The molecule has 17 heavy (non-hydrogen) atoms. The van der Waals surface area contributed by atoms with Crippen molar-refractivity contribution < 1.29 is 13.2 Å². The van der Waals surface area contributed by atoms with E-state index in [-0.39, 0.29) is 11.5 Å². The molecule has 0 radical (unpaired) electrons. The number of halogens is 3. The summed E-state index contributed by atoms with van der Waals surface area (Å²) in [6.07, 6.45) is -3.04. The van der Waals surface area contributed by atoms with Crippen LogP contribution in [0.25, 0.3) is 11.2 Å². The number of fused-ring (bicyclic) bond motifs is 1. The number of H-pyrrole nitrogens is 1. The number of nitrogens with one attached hydrogen (secondary N) is 1. The van der Waals surface area contributed by atoms with E-state index in [0.29, 0.717) is 5.52 Å². The zero-order valence-electron chi connectivity index (χ0n) is 9.26. The Balaban J connectivity index is 2.57. The molecule has 3 N–H and O–H groups in total. The Morgan fingerprint density at radius 1 is 1.35 bits per heavy atom. The first kappa shape index (κ1) is 11.8. The Labute approximate surface area is 95.1 Å². The van der Waals surface area contributed by atoms with Crippen molar-refractivity contribution in [3.63, 3.8) is 0 Å². The summed E-state index contributed by atoms with van der Waals surface area (Å²) in [5.74, 6) is -0.335. The van der Waals surface area contributed by atoms with Gasteiger partial charge in [0.15, 0.2) is 11.2 Å². The van der Waals surface area contributed by atoms with Gasteiger partial charge in [0.05, 0.1) is 5.52 Å². The number of aromatic nitrogens is 3. The Hall–Kier alpha value is -1.63. The van der Waals surface area contributed by atoms with Gasteiger partial charge in [0.2, 0.25) is 0 Å². The molecule has 0 spiro atoms. The Morgan fingerprint density at radius 2 is 2.00 bits per heavy atom. The second kappa shape index (κ2) is 3.43. The first-order valence-electron chi connectivity index (χ1n) is 4.90. The molecule has 1 atom stereocenters. The predicted octanol–water partition coefficient (Wildman–Crippen LogP) is 2.00. The molecule has 0 aliphatic carbocycles. The summed E-state index contributed by atoms with van der Waals surface area (Å²) in [7, 11) is 0. The zero-order chi connectivity index (χ0) is 12.8. The van der Waals surface area contributed by atoms with Crippen molar-refractivity contribution in [2.24, 2.45) is 5.73 Å². The Morgan fingerprint density at radius 3 is 2.59 bits per heavy atom. The number of aryl methyl sites for hydroxylation is 1. The van der Waals surface area contributed by atoms with E-state index in [9.17, 15) is 13.2 Å². The molecule has 0 bridgehead atoms. The molecule has 0 aliphatic heterocycles. The summed E-state index contributed by atoms with van der Waals surface area (Å²) < 4.78 is 38.2. The SMILES string of the molecule is Cc1cnc2nc(C(C)(N)C(F)(F)F)[nH]c2c1. The number of aromatic amines is 1. The van der Waals surface area contributed by atoms with Crippen LogP contribution in [0.2, 0.25) is 0 Å². The van der Waals surface area contributed by atoms with Crippen LogP contribution in [0.5, 0.6) is 0 Å². The van der Waals surface area contributed by atoms with Crippen LogP contribution in [-0.4, -0.2) is 21.1 Å². The van der Waals surface area contributed by atoms with Gasteiger partial charge in [-0.25, -0.2) is 9.97 Å². The number of rotatable bonds is 1. The van der Waals surface area contributed by atoms with E-state index >= 15 is 0 Å². The molecule has 0 saturated heterocycles. The largest absolute Gasteiger partial charge is 0.413 e. The normalized spacial score (nSPS) is 16.1. The fourth-order valence-corrected chi connectivity index (χ4v) is 1.38. The standard InChI is InChI=1S/C10H11F3N4/c1-5-3-6-7(15-4-5)17-8(16-6)9(2,14)10(11,12)13/h3-4H,14H2,1-2H3,(H,15,16,17). The van der Waals surface area contributed by atoms with Gasteiger partial charge in [-0.1, -0.05) is 0 Å². The van der Waals surface area contributed by atoms with Crippen molar-refractivity contribution in [1.82, 2.24) is 15.0 Å². The molecular weight excluding hydrogens is 233 g/mol. The molecule has 2 aromatic heterocycles. The third-order valence-electron chi connectivity index (χ3n) is 2.55. The Kier molecular flexibility index (Phi) is 2.39. The van der Waals surface area contributed by atoms with Crippen molar-refractivity contribution in [2.75, 3.05) is 0 Å². The van der Waals surface area contributed by atoms with Gasteiger partial charge < -0.3 is 10.7 Å². The number of hydrogen-bond acceptors (Lipinski definition) is 3. The fraction of sp³-hybridized carbons (Fsp3) is 0.400. The summed E-state index contributed by atoms with van der Waals surface area (Å²) in [6.45, 7) is 2.66. The van der Waals surface area contributed by atoms with Gasteiger partial charge in [-0.3, -0.25) is 0 Å². The van der Waals surface area contributed by atoms with Crippen molar-refractivity contribution in [3.8, 4) is 0 Å². The molecule has 0 amide bonds.